The highest BCUT2D eigenvalue weighted by Crippen LogP contribution is 2.28. The summed E-state index contributed by atoms with van der Waals surface area (Å²) in [6, 6.07) is 8.19. The number of rotatable bonds is 6. The molecule has 2 aliphatic rings. The van der Waals surface area contributed by atoms with E-state index in [2.05, 4.69) is 27.7 Å². The number of hydrogen-bond donors (Lipinski definition) is 2. The van der Waals surface area contributed by atoms with E-state index in [9.17, 15) is 13.2 Å². The average molecular weight is 380 g/mol. The molecule has 0 atom stereocenters. The molecule has 1 amide bonds. The lowest BCUT2D eigenvalue weighted by Gasteiger charge is -2.34. The Kier molecular flexibility index (Phi) is 5.99. The van der Waals surface area contributed by atoms with E-state index >= 15 is 0 Å². The zero-order chi connectivity index (χ0) is 18.6. The number of carbonyl (C=O) groups excluding carboxylic acids is 1. The summed E-state index contributed by atoms with van der Waals surface area (Å²) in [5.74, 6) is -0.369. The highest BCUT2D eigenvalue weighted by atomic mass is 32.2. The fourth-order valence-electron chi connectivity index (χ4n) is 3.98. The predicted molar refractivity (Wildman–Crippen MR) is 102 cm³/mol. The zero-order valence-electron chi connectivity index (χ0n) is 15.5. The number of benzene rings is 1. The highest BCUT2D eigenvalue weighted by molar-refractivity contribution is 7.92. The molecule has 7 heteroatoms. The zero-order valence-corrected chi connectivity index (χ0v) is 16.3. The molecule has 0 bridgehead atoms. The van der Waals surface area contributed by atoms with Crippen LogP contribution in [0.3, 0.4) is 0 Å². The number of nitrogens with one attached hydrogen (secondary N) is 2. The Bertz CT molecular complexity index is 736. The number of hydrogen-bond acceptors (Lipinski definition) is 5. The molecule has 0 unspecified atom stereocenters. The van der Waals surface area contributed by atoms with Crippen molar-refractivity contribution in [2.24, 2.45) is 0 Å². The Hall–Kier alpha value is -1.44. The second-order valence-electron chi connectivity index (χ2n) is 7.50. The van der Waals surface area contributed by atoms with Gasteiger partial charge in [-0.05, 0) is 63.0 Å². The van der Waals surface area contributed by atoms with Crippen molar-refractivity contribution in [2.75, 3.05) is 32.4 Å². The van der Waals surface area contributed by atoms with Crippen molar-refractivity contribution in [3.63, 3.8) is 0 Å². The summed E-state index contributed by atoms with van der Waals surface area (Å²) >= 11 is 0. The molecular formula is C19H29N3O3S. The molecule has 0 saturated carbocycles. The molecule has 144 valence electrons. The van der Waals surface area contributed by atoms with E-state index in [1.807, 2.05) is 12.1 Å². The normalized spacial score (nSPS) is 20.8. The Morgan fingerprint density at radius 3 is 2.50 bits per heavy atom. The molecule has 2 aliphatic heterocycles. The maximum absolute atomic E-state index is 12.8. The summed E-state index contributed by atoms with van der Waals surface area (Å²) in [4.78, 5) is 15.2. The van der Waals surface area contributed by atoms with E-state index in [4.69, 9.17) is 0 Å². The summed E-state index contributed by atoms with van der Waals surface area (Å²) in [5.41, 5.74) is 2.24. The summed E-state index contributed by atoms with van der Waals surface area (Å²) in [7, 11) is -3.47. The topological polar surface area (TPSA) is 78.5 Å². The van der Waals surface area contributed by atoms with Gasteiger partial charge in [0.05, 0.1) is 0 Å². The average Bonchev–Trinajstić information content (AvgIpc) is 3.12. The molecule has 2 fully saturated rings. The van der Waals surface area contributed by atoms with E-state index < -0.39 is 14.6 Å². The maximum Gasteiger partial charge on any atom is 0.241 e. The van der Waals surface area contributed by atoms with E-state index in [-0.39, 0.29) is 5.91 Å². The Balaban J connectivity index is 1.65. The standard InChI is InChI=1S/C19H29N3O3S/c1-26(24,25)19(7-9-20-10-8-19)18(23)21-14-16-5-4-6-17(13-16)15-22-11-2-3-12-22/h4-6,13,20H,2-3,7-12,14-15H2,1H3,(H,21,23). The van der Waals surface area contributed by atoms with Gasteiger partial charge < -0.3 is 10.6 Å². The van der Waals surface area contributed by atoms with Crippen molar-refractivity contribution in [3.8, 4) is 0 Å². The van der Waals surface area contributed by atoms with Gasteiger partial charge >= 0.3 is 0 Å². The monoisotopic (exact) mass is 379 g/mol. The third-order valence-corrected chi connectivity index (χ3v) is 7.60. The smallest absolute Gasteiger partial charge is 0.241 e. The first-order chi connectivity index (χ1) is 12.4. The fourth-order valence-corrected chi connectivity index (χ4v) is 5.33. The molecular weight excluding hydrogens is 350 g/mol. The van der Waals surface area contributed by atoms with Gasteiger partial charge in [-0.2, -0.15) is 0 Å². The summed E-state index contributed by atoms with van der Waals surface area (Å²) in [6.45, 7) is 4.67. The molecule has 0 aromatic heterocycles. The lowest BCUT2D eigenvalue weighted by Crippen LogP contribution is -2.57. The van der Waals surface area contributed by atoms with Crippen molar-refractivity contribution < 1.29 is 13.2 Å². The molecule has 2 saturated heterocycles. The van der Waals surface area contributed by atoms with Crippen LogP contribution in [0.15, 0.2) is 24.3 Å². The van der Waals surface area contributed by atoms with Crippen LogP contribution >= 0.6 is 0 Å². The molecule has 0 radical (unpaired) electrons. The molecule has 26 heavy (non-hydrogen) atoms. The van der Waals surface area contributed by atoms with E-state index in [1.165, 1.54) is 24.7 Å². The largest absolute Gasteiger partial charge is 0.351 e. The number of likely N-dealkylation sites (tertiary alicyclic amines) is 1. The number of amides is 1. The first-order valence-electron chi connectivity index (χ1n) is 9.39. The number of nitrogens with zero attached hydrogens (tertiary/aromatic N) is 1. The van der Waals surface area contributed by atoms with Crippen molar-refractivity contribution in [1.29, 1.82) is 0 Å². The first-order valence-corrected chi connectivity index (χ1v) is 11.3. The van der Waals surface area contributed by atoms with E-state index in [1.54, 1.807) is 0 Å². The van der Waals surface area contributed by atoms with Crippen LogP contribution in [0.1, 0.15) is 36.8 Å². The molecule has 2 heterocycles. The minimum absolute atomic E-state index is 0.326. The molecule has 1 aromatic carbocycles. The van der Waals surface area contributed by atoms with Crippen LogP contribution in [0.5, 0.6) is 0 Å². The van der Waals surface area contributed by atoms with Gasteiger partial charge in [-0.25, -0.2) is 8.42 Å². The minimum Gasteiger partial charge on any atom is -0.351 e. The molecule has 0 spiro atoms. The number of sulfone groups is 1. The van der Waals surface area contributed by atoms with Gasteiger partial charge in [-0.3, -0.25) is 9.69 Å². The third kappa shape index (κ3) is 4.27. The lowest BCUT2D eigenvalue weighted by molar-refractivity contribution is -0.124. The molecule has 3 rings (SSSR count). The SMILES string of the molecule is CS(=O)(=O)C1(C(=O)NCc2cccc(CN3CCCC3)c2)CCNCC1. The maximum atomic E-state index is 12.8. The molecule has 2 N–H and O–H groups in total. The van der Waals surface area contributed by atoms with Crippen molar-refractivity contribution >= 4 is 15.7 Å². The highest BCUT2D eigenvalue weighted by Gasteiger charge is 2.48. The van der Waals surface area contributed by atoms with Crippen molar-refractivity contribution in [2.45, 2.75) is 43.5 Å². The van der Waals surface area contributed by atoms with Crippen LogP contribution in [0, 0.1) is 0 Å². The third-order valence-electron chi connectivity index (χ3n) is 5.58. The van der Waals surface area contributed by atoms with Crippen LogP contribution in [0.2, 0.25) is 0 Å². The summed E-state index contributed by atoms with van der Waals surface area (Å²) in [5, 5.41) is 6.01. The molecule has 1 aromatic rings. The number of carbonyl (C=O) groups is 1. The van der Waals surface area contributed by atoms with Crippen LogP contribution in [0.25, 0.3) is 0 Å². The van der Waals surface area contributed by atoms with Crippen molar-refractivity contribution in [3.05, 3.63) is 35.4 Å². The predicted octanol–water partition coefficient (Wildman–Crippen LogP) is 1.07. The van der Waals surface area contributed by atoms with Gasteiger partial charge in [0.1, 0.15) is 0 Å². The van der Waals surface area contributed by atoms with E-state index in [0.717, 1.165) is 25.2 Å². The van der Waals surface area contributed by atoms with Crippen LogP contribution in [-0.2, 0) is 27.7 Å². The lowest BCUT2D eigenvalue weighted by atomic mass is 9.95. The van der Waals surface area contributed by atoms with Gasteiger partial charge in [0.15, 0.2) is 14.6 Å². The summed E-state index contributed by atoms with van der Waals surface area (Å²) in [6.07, 6.45) is 4.35. The second-order valence-corrected chi connectivity index (χ2v) is 9.83. The van der Waals surface area contributed by atoms with E-state index in [0.29, 0.717) is 32.5 Å². The van der Waals surface area contributed by atoms with Crippen molar-refractivity contribution in [1.82, 2.24) is 15.5 Å². The van der Waals surface area contributed by atoms with Gasteiger partial charge in [-0.1, -0.05) is 24.3 Å². The fraction of sp³-hybridized carbons (Fsp3) is 0.632. The quantitative estimate of drug-likeness (QED) is 0.773. The molecule has 6 nitrogen and oxygen atoms in total. The van der Waals surface area contributed by atoms with Gasteiger partial charge in [0, 0.05) is 19.3 Å². The molecule has 0 aliphatic carbocycles. The second kappa shape index (κ2) is 8.06. The Morgan fingerprint density at radius 1 is 1.19 bits per heavy atom. The van der Waals surface area contributed by atoms with Crippen LogP contribution in [-0.4, -0.2) is 56.4 Å². The number of piperidine rings is 1. The van der Waals surface area contributed by atoms with Gasteiger partial charge in [-0.15, -0.1) is 0 Å². The van der Waals surface area contributed by atoms with Crippen LogP contribution in [0.4, 0.5) is 0 Å². The Labute approximate surface area is 156 Å². The van der Waals surface area contributed by atoms with Crippen LogP contribution < -0.4 is 10.6 Å². The minimum atomic E-state index is -3.47. The van der Waals surface area contributed by atoms with Gasteiger partial charge in [0.2, 0.25) is 5.91 Å². The Morgan fingerprint density at radius 2 is 1.85 bits per heavy atom. The first kappa shape index (κ1) is 19.3. The summed E-state index contributed by atoms with van der Waals surface area (Å²) < 4.78 is 23.3. The van der Waals surface area contributed by atoms with Gasteiger partial charge in [0.25, 0.3) is 0 Å².